The highest BCUT2D eigenvalue weighted by molar-refractivity contribution is 6.21. The third-order valence-electron chi connectivity index (χ3n) is 6.22. The van der Waals surface area contributed by atoms with Gasteiger partial charge in [-0.25, -0.2) is 0 Å². The number of nitrogens with zero attached hydrogens (tertiary/aromatic N) is 3. The van der Waals surface area contributed by atoms with Gasteiger partial charge in [-0.3, -0.25) is 4.98 Å². The molecule has 1 radical (unpaired) electrons. The molecule has 0 saturated carbocycles. The van der Waals surface area contributed by atoms with Crippen LogP contribution in [-0.4, -0.2) is 41.6 Å². The molecule has 0 saturated heterocycles. The standard InChI is InChI=1S/C10H9NO.C10H11NO.C10H9NO.Al/c1-12-9-6-2-4-8-5-3-7-11-10(8)9;2*1-11-7-3-5-8-4-2-6-9(12)10(8)11;/h2-7H,1H3;2-6,12H,7H2,1H3;2-7H,1H3;/q;;;+2/p-1. The van der Waals surface area contributed by atoms with Crippen LogP contribution in [-0.2, 0) is 7.05 Å². The summed E-state index contributed by atoms with van der Waals surface area (Å²) in [6, 6.07) is 26.2. The number of benzene rings is 3. The van der Waals surface area contributed by atoms with E-state index in [2.05, 4.69) is 51.8 Å². The second-order valence-electron chi connectivity index (χ2n) is 8.66. The number of methoxy groups -OCH3 is 1. The number of likely N-dealkylation sites (N-methyl/N-ethyl adjacent to an activating group) is 1. The van der Waals surface area contributed by atoms with E-state index < -0.39 is 15.9 Å². The average Bonchev–Trinajstić information content (AvgIpc) is 2.93. The van der Waals surface area contributed by atoms with Crippen LogP contribution in [0.25, 0.3) is 27.9 Å². The minimum Gasteiger partial charge on any atom is -0.614 e. The zero-order valence-corrected chi connectivity index (χ0v) is 22.3. The first-order chi connectivity index (χ1) is 18.2. The van der Waals surface area contributed by atoms with Crippen LogP contribution in [0.2, 0.25) is 0 Å². The molecule has 3 heterocycles. The van der Waals surface area contributed by atoms with Crippen molar-refractivity contribution in [2.75, 3.05) is 25.6 Å². The second kappa shape index (κ2) is 11.3. The van der Waals surface area contributed by atoms with Crippen molar-refractivity contribution >= 4 is 49.5 Å². The lowest BCUT2D eigenvalue weighted by molar-refractivity contribution is -0.645. The van der Waals surface area contributed by atoms with E-state index in [1.54, 1.807) is 13.3 Å². The van der Waals surface area contributed by atoms with Crippen LogP contribution < -0.4 is 21.8 Å². The van der Waals surface area contributed by atoms with Gasteiger partial charge < -0.3 is 17.2 Å². The summed E-state index contributed by atoms with van der Waals surface area (Å²) in [4.78, 5) is 6.42. The van der Waals surface area contributed by atoms with Gasteiger partial charge in [0.2, 0.25) is 0 Å². The highest BCUT2D eigenvalue weighted by atomic mass is 27.2. The fourth-order valence-corrected chi connectivity index (χ4v) is 5.11. The maximum absolute atomic E-state index is 6.04. The largest absolute Gasteiger partial charge is 0.882 e. The van der Waals surface area contributed by atoms with Crippen molar-refractivity contribution in [3.8, 4) is 17.2 Å². The Balaban J connectivity index is 0.000000195. The number of aryl methyl sites for hydroxylation is 1. The molecule has 0 atom stereocenters. The third kappa shape index (κ3) is 5.39. The Morgan fingerprint density at radius 1 is 0.838 bits per heavy atom. The summed E-state index contributed by atoms with van der Waals surface area (Å²) in [5, 5.41) is 2.26. The monoisotopic (exact) mass is 505 g/mol. The molecule has 7 heteroatoms. The van der Waals surface area contributed by atoms with E-state index in [-0.39, 0.29) is 0 Å². The Morgan fingerprint density at radius 3 is 2.41 bits per heavy atom. The van der Waals surface area contributed by atoms with Gasteiger partial charge >= 0.3 is 15.9 Å². The lowest BCUT2D eigenvalue weighted by Crippen LogP contribution is -2.29. The van der Waals surface area contributed by atoms with E-state index >= 15 is 0 Å². The van der Waals surface area contributed by atoms with Gasteiger partial charge in [0.25, 0.3) is 5.52 Å². The number of hydrogen-bond donors (Lipinski definition) is 0. The van der Waals surface area contributed by atoms with Gasteiger partial charge in [0.15, 0.2) is 11.9 Å². The van der Waals surface area contributed by atoms with Gasteiger partial charge in [0.1, 0.15) is 24.1 Å². The van der Waals surface area contributed by atoms with Crippen LogP contribution in [0.1, 0.15) is 5.56 Å². The molecule has 0 aliphatic carbocycles. The summed E-state index contributed by atoms with van der Waals surface area (Å²) in [7, 11) is 5.76. The first-order valence-electron chi connectivity index (χ1n) is 12.1. The fraction of sp³-hybridized carbons (Fsp3) is 0.133. The zero-order chi connectivity index (χ0) is 25.6. The van der Waals surface area contributed by atoms with E-state index in [9.17, 15) is 0 Å². The van der Waals surface area contributed by atoms with Crippen LogP contribution >= 0.6 is 0 Å². The van der Waals surface area contributed by atoms with Crippen molar-refractivity contribution in [3.05, 3.63) is 103 Å². The van der Waals surface area contributed by atoms with Gasteiger partial charge in [-0.05, 0) is 36.4 Å². The molecule has 3 aromatic carbocycles. The molecule has 6 rings (SSSR count). The summed E-state index contributed by atoms with van der Waals surface area (Å²) < 4.78 is 19.3. The quantitative estimate of drug-likeness (QED) is 0.238. The fourth-order valence-electron chi connectivity index (χ4n) is 4.47. The maximum Gasteiger partial charge on any atom is 0.882 e. The molecule has 6 nitrogen and oxygen atoms in total. The van der Waals surface area contributed by atoms with Crippen LogP contribution in [0, 0.1) is 0 Å². The highest BCUT2D eigenvalue weighted by Crippen LogP contribution is 2.34. The van der Waals surface area contributed by atoms with Crippen molar-refractivity contribution in [1.29, 1.82) is 0 Å². The smallest absolute Gasteiger partial charge is 0.614 e. The van der Waals surface area contributed by atoms with Gasteiger partial charge in [0, 0.05) is 36.8 Å². The Morgan fingerprint density at radius 2 is 1.54 bits per heavy atom. The van der Waals surface area contributed by atoms with Gasteiger partial charge in [-0.2, -0.15) is 4.57 Å². The number of hydrogen-bond acceptors (Lipinski definition) is 5. The number of fused-ring (bicyclic) bond motifs is 3. The van der Waals surface area contributed by atoms with E-state index in [1.165, 1.54) is 5.56 Å². The molecule has 2 aromatic heterocycles. The molecule has 5 aromatic rings. The van der Waals surface area contributed by atoms with Crippen molar-refractivity contribution in [3.63, 3.8) is 0 Å². The summed E-state index contributed by atoms with van der Waals surface area (Å²) in [6.07, 6.45) is 8.10. The predicted octanol–water partition coefficient (Wildman–Crippen LogP) is 5.36. The molecule has 0 amide bonds. The maximum atomic E-state index is 6.04. The van der Waals surface area contributed by atoms with Crippen LogP contribution in [0.5, 0.6) is 17.2 Å². The molecule has 0 unspecified atom stereocenters. The number of aromatic nitrogens is 2. The van der Waals surface area contributed by atoms with Crippen LogP contribution in [0.15, 0.2) is 97.3 Å². The second-order valence-corrected chi connectivity index (χ2v) is 9.32. The summed E-state index contributed by atoms with van der Waals surface area (Å²) in [5.74, 6) is 2.56. The number of pyridine rings is 2. The van der Waals surface area contributed by atoms with Crippen LogP contribution in [0.3, 0.4) is 0 Å². The van der Waals surface area contributed by atoms with Gasteiger partial charge in [-0.15, -0.1) is 0 Å². The normalized spacial score (nSPS) is 11.9. The number of anilines is 1. The lowest BCUT2D eigenvalue weighted by Gasteiger charge is -2.26. The Kier molecular flexibility index (Phi) is 7.55. The van der Waals surface area contributed by atoms with E-state index in [0.717, 1.165) is 51.3 Å². The lowest BCUT2D eigenvalue weighted by atomic mass is 10.1. The zero-order valence-electron chi connectivity index (χ0n) is 21.2. The third-order valence-corrected chi connectivity index (χ3v) is 6.92. The summed E-state index contributed by atoms with van der Waals surface area (Å²) in [5.41, 5.74) is 4.31. The Bertz CT molecular complexity index is 1560. The van der Waals surface area contributed by atoms with Crippen LogP contribution in [0.4, 0.5) is 5.69 Å². The molecule has 37 heavy (non-hydrogen) atoms. The van der Waals surface area contributed by atoms with Crippen molar-refractivity contribution in [1.82, 2.24) is 4.98 Å². The van der Waals surface area contributed by atoms with Crippen molar-refractivity contribution in [2.24, 2.45) is 7.05 Å². The van der Waals surface area contributed by atoms with Gasteiger partial charge in [-0.1, -0.05) is 48.6 Å². The minimum absolute atomic E-state index is 0.656. The van der Waals surface area contributed by atoms with E-state index in [1.807, 2.05) is 73.9 Å². The molecule has 1 aliphatic heterocycles. The summed E-state index contributed by atoms with van der Waals surface area (Å²) >= 11 is -0.656. The first-order valence-corrected chi connectivity index (χ1v) is 13.0. The molecule has 0 bridgehead atoms. The molecule has 0 N–H and O–H groups in total. The van der Waals surface area contributed by atoms with Gasteiger partial charge in [0.05, 0.1) is 18.2 Å². The minimum atomic E-state index is -0.656. The molecule has 183 valence electrons. The molecule has 1 aliphatic rings. The Labute approximate surface area is 223 Å². The topological polar surface area (TPSA) is 47.7 Å². The van der Waals surface area contributed by atoms with Crippen molar-refractivity contribution < 1.29 is 16.9 Å². The molecular weight excluding hydrogens is 477 g/mol. The van der Waals surface area contributed by atoms with E-state index in [0.29, 0.717) is 0 Å². The first kappa shape index (κ1) is 24.6. The highest BCUT2D eigenvalue weighted by Gasteiger charge is 2.18. The van der Waals surface area contributed by atoms with Crippen molar-refractivity contribution in [2.45, 2.75) is 0 Å². The predicted molar refractivity (Wildman–Crippen MR) is 149 cm³/mol. The number of ether oxygens (including phenoxy) is 1. The number of para-hydroxylation sites is 3. The number of rotatable bonds is 5. The molecule has 0 spiro atoms. The molecule has 0 fully saturated rings. The summed E-state index contributed by atoms with van der Waals surface area (Å²) in [6.45, 7) is 0.892. The average molecular weight is 506 g/mol. The Hall–Kier alpha value is -4.05. The van der Waals surface area contributed by atoms with E-state index in [4.69, 9.17) is 12.3 Å². The SMILES string of the molecule is CN1CC=Cc2cccc([O][Al][O]c3cccc4ccc[n+](C)c34)c21.COc1cccc2cccnc12. The molecular formula is C30H28AlN3O3+.